The highest BCUT2D eigenvalue weighted by molar-refractivity contribution is 5.47. The third-order valence-corrected chi connectivity index (χ3v) is 2.95. The zero-order chi connectivity index (χ0) is 12.3. The Balaban J connectivity index is 2.18. The molecule has 0 saturated carbocycles. The molecule has 0 aliphatic heterocycles. The van der Waals surface area contributed by atoms with Crippen LogP contribution in [0.5, 0.6) is 0 Å². The van der Waals surface area contributed by atoms with Gasteiger partial charge in [0.05, 0.1) is 17.4 Å². The summed E-state index contributed by atoms with van der Waals surface area (Å²) in [4.78, 5) is 0. The van der Waals surface area contributed by atoms with E-state index in [2.05, 4.69) is 41.6 Å². The van der Waals surface area contributed by atoms with Crippen molar-refractivity contribution in [3.63, 3.8) is 0 Å². The molecule has 0 amide bonds. The molecule has 0 fully saturated rings. The second kappa shape index (κ2) is 5.04. The first-order valence-corrected chi connectivity index (χ1v) is 6.02. The molecule has 1 unspecified atom stereocenters. The van der Waals surface area contributed by atoms with Crippen LogP contribution in [0, 0.1) is 6.92 Å². The van der Waals surface area contributed by atoms with Gasteiger partial charge in [-0.1, -0.05) is 37.3 Å². The molecular formula is C14H19N3. The molecule has 1 heterocycles. The van der Waals surface area contributed by atoms with Crippen LogP contribution >= 0.6 is 0 Å². The van der Waals surface area contributed by atoms with E-state index in [0.717, 1.165) is 17.8 Å². The van der Waals surface area contributed by atoms with E-state index in [1.54, 1.807) is 0 Å². The maximum Gasteiger partial charge on any atom is 0.0825 e. The molecule has 2 rings (SSSR count). The maximum absolute atomic E-state index is 4.35. The summed E-state index contributed by atoms with van der Waals surface area (Å²) < 4.78 is 1.84. The summed E-state index contributed by atoms with van der Waals surface area (Å²) in [5.74, 6) is 0. The summed E-state index contributed by atoms with van der Waals surface area (Å²) in [7, 11) is 1.95. The van der Waals surface area contributed by atoms with E-state index < -0.39 is 0 Å². The van der Waals surface area contributed by atoms with Gasteiger partial charge < -0.3 is 5.32 Å². The molecule has 1 N–H and O–H groups in total. The van der Waals surface area contributed by atoms with Crippen LogP contribution in [0.2, 0.25) is 0 Å². The van der Waals surface area contributed by atoms with Crippen LogP contribution in [0.15, 0.2) is 36.5 Å². The van der Waals surface area contributed by atoms with Gasteiger partial charge in [0.15, 0.2) is 0 Å². The van der Waals surface area contributed by atoms with Crippen molar-refractivity contribution in [3.05, 3.63) is 47.8 Å². The van der Waals surface area contributed by atoms with Gasteiger partial charge in [0, 0.05) is 13.2 Å². The minimum Gasteiger partial charge on any atom is -0.375 e. The highest BCUT2D eigenvalue weighted by Gasteiger charge is 2.11. The van der Waals surface area contributed by atoms with Crippen molar-refractivity contribution in [1.29, 1.82) is 0 Å². The number of aryl methyl sites for hydroxylation is 2. The van der Waals surface area contributed by atoms with Gasteiger partial charge in [0.1, 0.15) is 0 Å². The highest BCUT2D eigenvalue weighted by Crippen LogP contribution is 2.23. The summed E-state index contributed by atoms with van der Waals surface area (Å²) in [5.41, 5.74) is 3.48. The predicted molar refractivity (Wildman–Crippen MR) is 71.0 cm³/mol. The number of hydrogen-bond donors (Lipinski definition) is 1. The van der Waals surface area contributed by atoms with Crippen molar-refractivity contribution in [3.8, 4) is 0 Å². The molecule has 17 heavy (non-hydrogen) atoms. The van der Waals surface area contributed by atoms with Gasteiger partial charge in [-0.3, -0.25) is 4.68 Å². The lowest BCUT2D eigenvalue weighted by Gasteiger charge is -2.17. The Morgan fingerprint density at radius 2 is 2.00 bits per heavy atom. The zero-order valence-corrected chi connectivity index (χ0v) is 10.6. The third-order valence-electron chi connectivity index (χ3n) is 2.95. The van der Waals surface area contributed by atoms with Crippen LogP contribution in [0.3, 0.4) is 0 Å². The van der Waals surface area contributed by atoms with Crippen molar-refractivity contribution >= 4 is 5.69 Å². The minimum absolute atomic E-state index is 0.346. The minimum atomic E-state index is 0.346. The average Bonchev–Trinajstić information content (AvgIpc) is 2.66. The third kappa shape index (κ3) is 2.67. The molecule has 0 aliphatic carbocycles. The molecule has 1 atom stereocenters. The van der Waals surface area contributed by atoms with Crippen LogP contribution in [-0.2, 0) is 7.05 Å². The monoisotopic (exact) mass is 229 g/mol. The van der Waals surface area contributed by atoms with E-state index in [1.807, 2.05) is 30.9 Å². The molecule has 1 aromatic heterocycles. The lowest BCUT2D eigenvalue weighted by molar-refractivity contribution is 0.747. The van der Waals surface area contributed by atoms with E-state index in [0.29, 0.717) is 6.04 Å². The molecular weight excluding hydrogens is 210 g/mol. The summed E-state index contributed by atoms with van der Waals surface area (Å²) in [6.45, 7) is 4.22. The summed E-state index contributed by atoms with van der Waals surface area (Å²) in [6.07, 6.45) is 3.08. The summed E-state index contributed by atoms with van der Waals surface area (Å²) in [5, 5.41) is 7.90. The van der Waals surface area contributed by atoms with Crippen LogP contribution in [0.4, 0.5) is 5.69 Å². The number of nitrogens with zero attached hydrogens (tertiary/aromatic N) is 2. The first-order chi connectivity index (χ1) is 8.20. The highest BCUT2D eigenvalue weighted by atomic mass is 15.3. The van der Waals surface area contributed by atoms with Crippen molar-refractivity contribution in [1.82, 2.24) is 9.78 Å². The van der Waals surface area contributed by atoms with Gasteiger partial charge in [-0.25, -0.2) is 0 Å². The average molecular weight is 229 g/mol. The SMILES string of the molecule is CCC(Nc1cn(C)nc1C)c1ccccc1. The van der Waals surface area contributed by atoms with E-state index in [-0.39, 0.29) is 0 Å². The van der Waals surface area contributed by atoms with Gasteiger partial charge in [0.2, 0.25) is 0 Å². The quantitative estimate of drug-likeness (QED) is 0.871. The standard InChI is InChI=1S/C14H19N3/c1-4-13(12-8-6-5-7-9-12)15-14-10-17(3)16-11(14)2/h5-10,13,15H,4H2,1-3H3. The lowest BCUT2D eigenvalue weighted by atomic mass is 10.0. The second-order valence-electron chi connectivity index (χ2n) is 4.32. The maximum atomic E-state index is 4.35. The van der Waals surface area contributed by atoms with Gasteiger partial charge in [0.25, 0.3) is 0 Å². The molecule has 2 aromatic rings. The predicted octanol–water partition coefficient (Wildman–Crippen LogP) is 3.29. The number of hydrogen-bond acceptors (Lipinski definition) is 2. The zero-order valence-electron chi connectivity index (χ0n) is 10.6. The fraction of sp³-hybridized carbons (Fsp3) is 0.357. The Morgan fingerprint density at radius 1 is 1.29 bits per heavy atom. The van der Waals surface area contributed by atoms with Crippen molar-refractivity contribution in [2.75, 3.05) is 5.32 Å². The Bertz CT molecular complexity index is 473. The normalized spacial score (nSPS) is 12.4. The summed E-state index contributed by atoms with van der Waals surface area (Å²) >= 11 is 0. The smallest absolute Gasteiger partial charge is 0.0825 e. The fourth-order valence-electron chi connectivity index (χ4n) is 2.04. The van der Waals surface area contributed by atoms with Crippen LogP contribution in [-0.4, -0.2) is 9.78 Å². The number of rotatable bonds is 4. The van der Waals surface area contributed by atoms with E-state index in [9.17, 15) is 0 Å². The number of anilines is 1. The number of aromatic nitrogens is 2. The Morgan fingerprint density at radius 3 is 2.53 bits per heavy atom. The Hall–Kier alpha value is -1.77. The molecule has 0 bridgehead atoms. The topological polar surface area (TPSA) is 29.9 Å². The van der Waals surface area contributed by atoms with Gasteiger partial charge in [-0.2, -0.15) is 5.10 Å². The number of nitrogens with one attached hydrogen (secondary N) is 1. The molecule has 90 valence electrons. The Labute approximate surface area is 102 Å². The molecule has 0 spiro atoms. The molecule has 3 nitrogen and oxygen atoms in total. The van der Waals surface area contributed by atoms with Crippen LogP contribution in [0.1, 0.15) is 30.6 Å². The molecule has 3 heteroatoms. The molecule has 0 radical (unpaired) electrons. The lowest BCUT2D eigenvalue weighted by Crippen LogP contribution is -2.09. The first-order valence-electron chi connectivity index (χ1n) is 6.02. The van der Waals surface area contributed by atoms with E-state index >= 15 is 0 Å². The van der Waals surface area contributed by atoms with Crippen LogP contribution < -0.4 is 5.32 Å². The Kier molecular flexibility index (Phi) is 3.47. The molecule has 1 aromatic carbocycles. The van der Waals surface area contributed by atoms with Crippen molar-refractivity contribution in [2.24, 2.45) is 7.05 Å². The van der Waals surface area contributed by atoms with Crippen molar-refractivity contribution in [2.45, 2.75) is 26.3 Å². The largest absolute Gasteiger partial charge is 0.375 e. The first kappa shape index (κ1) is 11.7. The molecule has 0 saturated heterocycles. The second-order valence-corrected chi connectivity index (χ2v) is 4.32. The molecule has 0 aliphatic rings. The van der Waals surface area contributed by atoms with Crippen molar-refractivity contribution < 1.29 is 0 Å². The van der Waals surface area contributed by atoms with Gasteiger partial charge >= 0.3 is 0 Å². The summed E-state index contributed by atoms with van der Waals surface area (Å²) in [6, 6.07) is 10.9. The fourth-order valence-corrected chi connectivity index (χ4v) is 2.04. The van der Waals surface area contributed by atoms with Gasteiger partial charge in [-0.05, 0) is 18.9 Å². The van der Waals surface area contributed by atoms with E-state index in [4.69, 9.17) is 0 Å². The number of benzene rings is 1. The van der Waals surface area contributed by atoms with E-state index in [1.165, 1.54) is 5.56 Å². The van der Waals surface area contributed by atoms with Gasteiger partial charge in [-0.15, -0.1) is 0 Å². The van der Waals surface area contributed by atoms with Crippen LogP contribution in [0.25, 0.3) is 0 Å².